The number of nitrogens with zero attached hydrogens (tertiary/aromatic N) is 2. The molecule has 1 aromatic carbocycles. The van der Waals surface area contributed by atoms with Crippen LogP contribution in [0.4, 0.5) is 10.1 Å². The lowest BCUT2D eigenvalue weighted by atomic mass is 10.1. The number of nitrogens with one attached hydrogen (secondary N) is 1. The number of morpholine rings is 1. The number of sulfonamides is 1. The van der Waals surface area contributed by atoms with Crippen LogP contribution in [0, 0.1) is 5.82 Å². The van der Waals surface area contributed by atoms with Crippen molar-refractivity contribution in [3.63, 3.8) is 0 Å². The lowest BCUT2D eigenvalue weighted by Gasteiger charge is -2.37. The summed E-state index contributed by atoms with van der Waals surface area (Å²) >= 11 is 1.09. The topological polar surface area (TPSA) is 79.0 Å². The van der Waals surface area contributed by atoms with Crippen molar-refractivity contribution in [2.45, 2.75) is 50.3 Å². The molecule has 2 aliphatic rings. The van der Waals surface area contributed by atoms with E-state index in [9.17, 15) is 17.6 Å². The van der Waals surface area contributed by atoms with Gasteiger partial charge in [0.05, 0.1) is 17.9 Å². The molecular weight excluding hydrogens is 453 g/mol. The molecule has 0 radical (unpaired) electrons. The van der Waals surface area contributed by atoms with Crippen molar-refractivity contribution in [3.05, 3.63) is 45.9 Å². The van der Waals surface area contributed by atoms with Crippen LogP contribution in [0.2, 0.25) is 0 Å². The number of thiophene rings is 1. The standard InChI is InChI=1S/C22H28FN3O4S2/c1-15-13-25(14-16(2)30-15)19-6-5-17(11-18(19)23)12-24-22(27)21-20(7-10-31-21)32(28,29)26-8-3-4-9-26/h5-7,10-11,15-16H,3-4,8-9,12-14H2,1-2H3,(H,24,27). The average Bonchev–Trinajstić information content (AvgIpc) is 3.44. The maximum atomic E-state index is 14.8. The van der Waals surface area contributed by atoms with Gasteiger partial charge in [0, 0.05) is 32.7 Å². The highest BCUT2D eigenvalue weighted by atomic mass is 32.2. The van der Waals surface area contributed by atoms with Gasteiger partial charge in [0.1, 0.15) is 15.6 Å². The minimum absolute atomic E-state index is 0.0222. The predicted octanol–water partition coefficient (Wildman–Crippen LogP) is 3.22. The molecule has 2 fully saturated rings. The highest BCUT2D eigenvalue weighted by molar-refractivity contribution is 7.89. The number of hydrogen-bond acceptors (Lipinski definition) is 6. The molecule has 3 heterocycles. The van der Waals surface area contributed by atoms with E-state index in [2.05, 4.69) is 5.32 Å². The van der Waals surface area contributed by atoms with Gasteiger partial charge in [0.2, 0.25) is 10.0 Å². The van der Waals surface area contributed by atoms with E-state index in [4.69, 9.17) is 4.74 Å². The number of carbonyl (C=O) groups excluding carboxylic acids is 1. The number of halogens is 1. The van der Waals surface area contributed by atoms with Crippen molar-refractivity contribution in [2.75, 3.05) is 31.1 Å². The predicted molar refractivity (Wildman–Crippen MR) is 122 cm³/mol. The molecule has 0 bridgehead atoms. The second-order valence-corrected chi connectivity index (χ2v) is 11.2. The lowest BCUT2D eigenvalue weighted by Crippen LogP contribution is -2.45. The summed E-state index contributed by atoms with van der Waals surface area (Å²) in [4.78, 5) is 14.9. The fraction of sp³-hybridized carbons (Fsp3) is 0.500. The number of amides is 1. The van der Waals surface area contributed by atoms with Crippen LogP contribution in [0.1, 0.15) is 41.9 Å². The van der Waals surface area contributed by atoms with Crippen LogP contribution in [0.5, 0.6) is 0 Å². The monoisotopic (exact) mass is 481 g/mol. The molecular formula is C22H28FN3O4S2. The molecule has 1 amide bonds. The summed E-state index contributed by atoms with van der Waals surface area (Å²) in [5.74, 6) is -0.829. The molecule has 7 nitrogen and oxygen atoms in total. The summed E-state index contributed by atoms with van der Waals surface area (Å²) in [5.41, 5.74) is 1.12. The van der Waals surface area contributed by atoms with Crippen LogP contribution >= 0.6 is 11.3 Å². The zero-order valence-corrected chi connectivity index (χ0v) is 19.8. The van der Waals surface area contributed by atoms with Gasteiger partial charge in [-0.3, -0.25) is 4.79 Å². The maximum Gasteiger partial charge on any atom is 0.263 e. The Morgan fingerprint density at radius 3 is 2.53 bits per heavy atom. The Kier molecular flexibility index (Phi) is 6.85. The normalized spacial score (nSPS) is 22.3. The van der Waals surface area contributed by atoms with E-state index >= 15 is 0 Å². The molecule has 32 heavy (non-hydrogen) atoms. The Morgan fingerprint density at radius 2 is 1.88 bits per heavy atom. The highest BCUT2D eigenvalue weighted by Crippen LogP contribution is 2.28. The van der Waals surface area contributed by atoms with Crippen LogP contribution < -0.4 is 10.2 Å². The molecule has 2 atom stereocenters. The van der Waals surface area contributed by atoms with Gasteiger partial charge in [-0.25, -0.2) is 12.8 Å². The zero-order chi connectivity index (χ0) is 22.9. The summed E-state index contributed by atoms with van der Waals surface area (Å²) in [6.07, 6.45) is 1.70. The Morgan fingerprint density at radius 1 is 1.19 bits per heavy atom. The Labute approximate surface area is 192 Å². The number of hydrogen-bond donors (Lipinski definition) is 1. The Hall–Kier alpha value is -2.01. The van der Waals surface area contributed by atoms with Crippen molar-refractivity contribution in [3.8, 4) is 0 Å². The van der Waals surface area contributed by atoms with Gasteiger partial charge in [0.25, 0.3) is 5.91 Å². The lowest BCUT2D eigenvalue weighted by molar-refractivity contribution is -0.00539. The fourth-order valence-electron chi connectivity index (χ4n) is 4.29. The maximum absolute atomic E-state index is 14.8. The van der Waals surface area contributed by atoms with Gasteiger partial charge < -0.3 is 15.0 Å². The van der Waals surface area contributed by atoms with Crippen LogP contribution in [-0.2, 0) is 21.3 Å². The summed E-state index contributed by atoms with van der Waals surface area (Å²) in [6.45, 7) is 6.22. The van der Waals surface area contributed by atoms with E-state index in [1.54, 1.807) is 17.5 Å². The van der Waals surface area contributed by atoms with Crippen molar-refractivity contribution < 1.29 is 22.3 Å². The van der Waals surface area contributed by atoms with Crippen molar-refractivity contribution in [1.82, 2.24) is 9.62 Å². The van der Waals surface area contributed by atoms with Crippen LogP contribution in [-0.4, -0.2) is 57.0 Å². The third kappa shape index (κ3) is 4.83. The van der Waals surface area contributed by atoms with Gasteiger partial charge in [0.15, 0.2) is 0 Å². The van der Waals surface area contributed by atoms with Crippen molar-refractivity contribution in [2.24, 2.45) is 0 Å². The number of rotatable bonds is 6. The van der Waals surface area contributed by atoms with E-state index in [0.29, 0.717) is 37.4 Å². The molecule has 0 spiro atoms. The summed E-state index contributed by atoms with van der Waals surface area (Å²) in [6, 6.07) is 6.39. The van der Waals surface area contributed by atoms with Crippen molar-refractivity contribution in [1.29, 1.82) is 0 Å². The van der Waals surface area contributed by atoms with E-state index in [0.717, 1.165) is 24.2 Å². The molecule has 2 unspecified atom stereocenters. The molecule has 2 saturated heterocycles. The first-order valence-corrected chi connectivity index (χ1v) is 13.1. The van der Waals surface area contributed by atoms with E-state index in [1.165, 1.54) is 16.4 Å². The van der Waals surface area contributed by atoms with E-state index in [1.807, 2.05) is 18.7 Å². The second-order valence-electron chi connectivity index (χ2n) is 8.36. The first kappa shape index (κ1) is 23.2. The first-order chi connectivity index (χ1) is 15.3. The highest BCUT2D eigenvalue weighted by Gasteiger charge is 2.32. The minimum atomic E-state index is -3.68. The number of anilines is 1. The molecule has 2 aliphatic heterocycles. The number of ether oxygens (including phenoxy) is 1. The minimum Gasteiger partial charge on any atom is -0.372 e. The molecule has 4 rings (SSSR count). The SMILES string of the molecule is CC1CN(c2ccc(CNC(=O)c3sccc3S(=O)(=O)N3CCCC3)cc2F)CC(C)O1. The van der Waals surface area contributed by atoms with E-state index < -0.39 is 15.9 Å². The number of benzene rings is 1. The number of carbonyl (C=O) groups is 1. The molecule has 1 aromatic heterocycles. The summed E-state index contributed by atoms with van der Waals surface area (Å²) < 4.78 is 47.7. The molecule has 10 heteroatoms. The van der Waals surface area contributed by atoms with Crippen LogP contribution in [0.25, 0.3) is 0 Å². The quantitative estimate of drug-likeness (QED) is 0.686. The smallest absolute Gasteiger partial charge is 0.263 e. The summed E-state index contributed by atoms with van der Waals surface area (Å²) in [5, 5.41) is 4.34. The third-order valence-corrected chi connectivity index (χ3v) is 8.73. The summed E-state index contributed by atoms with van der Waals surface area (Å²) in [7, 11) is -3.68. The largest absolute Gasteiger partial charge is 0.372 e. The van der Waals surface area contributed by atoms with Crippen LogP contribution in [0.3, 0.4) is 0 Å². The zero-order valence-electron chi connectivity index (χ0n) is 18.2. The first-order valence-electron chi connectivity index (χ1n) is 10.8. The molecule has 0 saturated carbocycles. The molecule has 2 aromatic rings. The third-order valence-electron chi connectivity index (χ3n) is 5.74. The fourth-order valence-corrected chi connectivity index (χ4v) is 7.12. The molecule has 174 valence electrons. The Balaban J connectivity index is 1.43. The van der Waals surface area contributed by atoms with E-state index in [-0.39, 0.29) is 34.3 Å². The Bertz CT molecular complexity index is 1070. The molecule has 1 N–H and O–H groups in total. The molecule has 0 aliphatic carbocycles. The van der Waals surface area contributed by atoms with Gasteiger partial charge in [-0.2, -0.15) is 4.31 Å². The average molecular weight is 482 g/mol. The van der Waals surface area contributed by atoms with Gasteiger partial charge in [-0.1, -0.05) is 6.07 Å². The van der Waals surface area contributed by atoms with Gasteiger partial charge in [-0.15, -0.1) is 11.3 Å². The van der Waals surface area contributed by atoms with Gasteiger partial charge in [-0.05, 0) is 55.8 Å². The van der Waals surface area contributed by atoms with Crippen LogP contribution in [0.15, 0.2) is 34.5 Å². The second kappa shape index (κ2) is 9.46. The van der Waals surface area contributed by atoms with Gasteiger partial charge >= 0.3 is 0 Å². The van der Waals surface area contributed by atoms with Crippen molar-refractivity contribution >= 4 is 33.0 Å².